The van der Waals surface area contributed by atoms with E-state index in [1.807, 2.05) is 0 Å². The van der Waals surface area contributed by atoms with Crippen LogP contribution in [0.3, 0.4) is 0 Å². The second kappa shape index (κ2) is 6.21. The standard InChI is InChI=1S/C13H26O/c1-6-11(2)7-9-13(4,5)10-8-12(3)14/h11H,6-10H2,1-5H3. The Hall–Kier alpha value is -0.330. The molecule has 0 fully saturated rings. The molecule has 0 saturated carbocycles. The lowest BCUT2D eigenvalue weighted by molar-refractivity contribution is -0.117. The first kappa shape index (κ1) is 13.7. The molecule has 1 nitrogen and oxygen atoms in total. The van der Waals surface area contributed by atoms with Gasteiger partial charge in [0, 0.05) is 6.42 Å². The number of carbonyl (C=O) groups is 1. The number of hydrogen-bond donors (Lipinski definition) is 0. The number of Topliss-reactive ketones (excluding diaryl/α,β-unsaturated/α-hetero) is 1. The molecule has 0 aliphatic carbocycles. The zero-order valence-corrected chi connectivity index (χ0v) is 10.5. The predicted molar refractivity (Wildman–Crippen MR) is 62.4 cm³/mol. The van der Waals surface area contributed by atoms with Crippen LogP contribution in [0.1, 0.15) is 66.7 Å². The van der Waals surface area contributed by atoms with Crippen LogP contribution in [0.4, 0.5) is 0 Å². The molecule has 84 valence electrons. The molecule has 0 spiro atoms. The van der Waals surface area contributed by atoms with Gasteiger partial charge in [-0.25, -0.2) is 0 Å². The molecule has 1 atom stereocenters. The van der Waals surface area contributed by atoms with Gasteiger partial charge in [0.25, 0.3) is 0 Å². The quantitative estimate of drug-likeness (QED) is 0.599. The first-order valence-corrected chi connectivity index (χ1v) is 5.87. The molecule has 0 N–H and O–H groups in total. The van der Waals surface area contributed by atoms with Crippen LogP contribution in [0.2, 0.25) is 0 Å². The van der Waals surface area contributed by atoms with E-state index in [0.29, 0.717) is 11.2 Å². The van der Waals surface area contributed by atoms with Crippen LogP contribution in [-0.4, -0.2) is 5.78 Å². The summed E-state index contributed by atoms with van der Waals surface area (Å²) in [5, 5.41) is 0. The van der Waals surface area contributed by atoms with Crippen LogP contribution >= 0.6 is 0 Å². The van der Waals surface area contributed by atoms with E-state index in [4.69, 9.17) is 0 Å². The Morgan fingerprint density at radius 3 is 2.29 bits per heavy atom. The molecule has 0 saturated heterocycles. The maximum atomic E-state index is 10.9. The number of rotatable bonds is 7. The Bertz CT molecular complexity index is 170. The van der Waals surface area contributed by atoms with Crippen molar-refractivity contribution in [2.45, 2.75) is 66.7 Å². The minimum Gasteiger partial charge on any atom is -0.300 e. The summed E-state index contributed by atoms with van der Waals surface area (Å²) in [7, 11) is 0. The largest absolute Gasteiger partial charge is 0.300 e. The minimum atomic E-state index is 0.321. The van der Waals surface area contributed by atoms with Crippen LogP contribution in [0.15, 0.2) is 0 Å². The Morgan fingerprint density at radius 2 is 1.86 bits per heavy atom. The van der Waals surface area contributed by atoms with Crippen LogP contribution < -0.4 is 0 Å². The van der Waals surface area contributed by atoms with Crippen molar-refractivity contribution in [3.63, 3.8) is 0 Å². The van der Waals surface area contributed by atoms with Crippen LogP contribution in [-0.2, 0) is 4.79 Å². The summed E-state index contributed by atoms with van der Waals surface area (Å²) in [5.74, 6) is 1.15. The lowest BCUT2D eigenvalue weighted by Crippen LogP contribution is -2.14. The third-order valence-corrected chi connectivity index (χ3v) is 3.16. The Morgan fingerprint density at radius 1 is 1.29 bits per heavy atom. The molecule has 0 amide bonds. The Labute approximate surface area is 89.3 Å². The molecule has 0 aromatic rings. The van der Waals surface area contributed by atoms with E-state index in [1.54, 1.807) is 6.92 Å². The van der Waals surface area contributed by atoms with Gasteiger partial charge in [0.2, 0.25) is 0 Å². The van der Waals surface area contributed by atoms with Gasteiger partial charge in [0.15, 0.2) is 0 Å². The summed E-state index contributed by atoms with van der Waals surface area (Å²) in [6, 6.07) is 0. The van der Waals surface area contributed by atoms with Gasteiger partial charge in [-0.1, -0.05) is 40.5 Å². The van der Waals surface area contributed by atoms with Crippen molar-refractivity contribution in [2.24, 2.45) is 11.3 Å². The summed E-state index contributed by atoms with van der Waals surface area (Å²) >= 11 is 0. The molecule has 0 bridgehead atoms. The molecule has 0 aliphatic rings. The Kier molecular flexibility index (Phi) is 6.06. The second-order valence-corrected chi connectivity index (χ2v) is 5.42. The highest BCUT2D eigenvalue weighted by molar-refractivity contribution is 5.75. The average molecular weight is 198 g/mol. The van der Waals surface area contributed by atoms with Crippen molar-refractivity contribution in [2.75, 3.05) is 0 Å². The van der Waals surface area contributed by atoms with Gasteiger partial charge in [-0.15, -0.1) is 0 Å². The topological polar surface area (TPSA) is 17.1 Å². The SMILES string of the molecule is CCC(C)CCC(C)(C)CCC(C)=O. The first-order valence-electron chi connectivity index (χ1n) is 5.87. The van der Waals surface area contributed by atoms with Gasteiger partial charge in [0.1, 0.15) is 5.78 Å². The van der Waals surface area contributed by atoms with Crippen molar-refractivity contribution < 1.29 is 4.79 Å². The van der Waals surface area contributed by atoms with Crippen molar-refractivity contribution >= 4 is 5.78 Å². The van der Waals surface area contributed by atoms with Gasteiger partial charge >= 0.3 is 0 Å². The molecule has 0 heterocycles. The highest BCUT2D eigenvalue weighted by Gasteiger charge is 2.18. The van der Waals surface area contributed by atoms with E-state index in [-0.39, 0.29) is 0 Å². The van der Waals surface area contributed by atoms with E-state index in [9.17, 15) is 4.79 Å². The molecule has 0 rings (SSSR count). The van der Waals surface area contributed by atoms with Gasteiger partial charge in [-0.3, -0.25) is 0 Å². The van der Waals surface area contributed by atoms with Crippen LogP contribution in [0, 0.1) is 11.3 Å². The van der Waals surface area contributed by atoms with Crippen molar-refractivity contribution in [3.05, 3.63) is 0 Å². The van der Waals surface area contributed by atoms with Crippen molar-refractivity contribution in [1.29, 1.82) is 0 Å². The zero-order valence-electron chi connectivity index (χ0n) is 10.5. The van der Waals surface area contributed by atoms with Gasteiger partial charge in [-0.05, 0) is 31.1 Å². The fraction of sp³-hybridized carbons (Fsp3) is 0.923. The summed E-state index contributed by atoms with van der Waals surface area (Å²) in [4.78, 5) is 10.9. The highest BCUT2D eigenvalue weighted by atomic mass is 16.1. The van der Waals surface area contributed by atoms with Crippen LogP contribution in [0.5, 0.6) is 0 Å². The molecule has 1 unspecified atom stereocenters. The van der Waals surface area contributed by atoms with Gasteiger partial charge in [0.05, 0.1) is 0 Å². The summed E-state index contributed by atoms with van der Waals surface area (Å²) < 4.78 is 0. The molecule has 0 aliphatic heterocycles. The third-order valence-electron chi connectivity index (χ3n) is 3.16. The molecule has 0 aromatic heterocycles. The van der Waals surface area contributed by atoms with Gasteiger partial charge < -0.3 is 4.79 Å². The number of carbonyl (C=O) groups excluding carboxylic acids is 1. The summed E-state index contributed by atoms with van der Waals surface area (Å²) in [5.41, 5.74) is 0.342. The first-order chi connectivity index (χ1) is 6.37. The molecular weight excluding hydrogens is 172 g/mol. The zero-order chi connectivity index (χ0) is 11.2. The maximum Gasteiger partial charge on any atom is 0.129 e. The third kappa shape index (κ3) is 7.11. The summed E-state index contributed by atoms with van der Waals surface area (Å²) in [6.45, 7) is 10.8. The molecule has 0 aromatic carbocycles. The summed E-state index contributed by atoms with van der Waals surface area (Å²) in [6.07, 6.45) is 5.59. The van der Waals surface area contributed by atoms with Crippen molar-refractivity contribution in [3.8, 4) is 0 Å². The second-order valence-electron chi connectivity index (χ2n) is 5.42. The van der Waals surface area contributed by atoms with E-state index >= 15 is 0 Å². The maximum absolute atomic E-state index is 10.9. The fourth-order valence-corrected chi connectivity index (χ4v) is 1.48. The molecule has 0 radical (unpaired) electrons. The molecular formula is C13H26O. The Balaban J connectivity index is 3.76. The van der Waals surface area contributed by atoms with E-state index in [0.717, 1.165) is 18.8 Å². The fourth-order valence-electron chi connectivity index (χ4n) is 1.48. The van der Waals surface area contributed by atoms with Crippen LogP contribution in [0.25, 0.3) is 0 Å². The predicted octanol–water partition coefficient (Wildman–Crippen LogP) is 4.21. The molecule has 1 heteroatoms. The van der Waals surface area contributed by atoms with Crippen molar-refractivity contribution in [1.82, 2.24) is 0 Å². The monoisotopic (exact) mass is 198 g/mol. The normalized spacial score (nSPS) is 14.1. The van der Waals surface area contributed by atoms with E-state index in [2.05, 4.69) is 27.7 Å². The minimum absolute atomic E-state index is 0.321. The van der Waals surface area contributed by atoms with E-state index < -0.39 is 0 Å². The number of ketones is 1. The average Bonchev–Trinajstić information content (AvgIpc) is 2.11. The van der Waals surface area contributed by atoms with Gasteiger partial charge in [-0.2, -0.15) is 0 Å². The lowest BCUT2D eigenvalue weighted by atomic mass is 9.80. The molecule has 14 heavy (non-hydrogen) atoms. The van der Waals surface area contributed by atoms with E-state index in [1.165, 1.54) is 19.3 Å². The lowest BCUT2D eigenvalue weighted by Gasteiger charge is -2.25. The highest BCUT2D eigenvalue weighted by Crippen LogP contribution is 2.30. The smallest absolute Gasteiger partial charge is 0.129 e. The number of hydrogen-bond acceptors (Lipinski definition) is 1.